The van der Waals surface area contributed by atoms with Crippen molar-refractivity contribution in [3.05, 3.63) is 41.6 Å². The number of hydrogen-bond acceptors (Lipinski definition) is 3. The van der Waals surface area contributed by atoms with Gasteiger partial charge in [-0.3, -0.25) is 9.48 Å². The van der Waals surface area contributed by atoms with Gasteiger partial charge in [-0.2, -0.15) is 5.10 Å². The first-order chi connectivity index (χ1) is 9.08. The number of hydrogen-bond donors (Lipinski definition) is 1. The summed E-state index contributed by atoms with van der Waals surface area (Å²) < 4.78 is 7.12. The molecule has 0 unspecified atom stereocenters. The smallest absolute Gasteiger partial charge is 0.263 e. The number of anilines is 1. The Kier molecular flexibility index (Phi) is 3.85. The lowest BCUT2D eigenvalue weighted by Crippen LogP contribution is -2.21. The van der Waals surface area contributed by atoms with Crippen LogP contribution in [0, 0.1) is 13.8 Å². The predicted molar refractivity (Wildman–Crippen MR) is 73.2 cm³/mol. The number of nitrogens with zero attached hydrogens (tertiary/aromatic N) is 2. The fourth-order valence-corrected chi connectivity index (χ4v) is 1.70. The minimum atomic E-state index is -0.204. The Bertz CT molecular complexity index is 590. The van der Waals surface area contributed by atoms with Gasteiger partial charge in [-0.05, 0) is 31.0 Å². The lowest BCUT2D eigenvalue weighted by molar-refractivity contribution is -0.118. The molecule has 1 aromatic heterocycles. The summed E-state index contributed by atoms with van der Waals surface area (Å²) in [5, 5.41) is 6.71. The third-order valence-corrected chi connectivity index (χ3v) is 3.00. The van der Waals surface area contributed by atoms with E-state index in [-0.39, 0.29) is 12.5 Å². The van der Waals surface area contributed by atoms with Crippen LogP contribution < -0.4 is 10.1 Å². The van der Waals surface area contributed by atoms with E-state index < -0.39 is 0 Å². The second kappa shape index (κ2) is 5.56. The van der Waals surface area contributed by atoms with Crippen molar-refractivity contribution in [3.63, 3.8) is 0 Å². The molecule has 0 fully saturated rings. The predicted octanol–water partition coefficient (Wildman–Crippen LogP) is 2.05. The summed E-state index contributed by atoms with van der Waals surface area (Å²) in [6.45, 7) is 3.97. The fraction of sp³-hybridized carbons (Fsp3) is 0.286. The summed E-state index contributed by atoms with van der Waals surface area (Å²) in [7, 11) is 1.77. The van der Waals surface area contributed by atoms with E-state index in [0.29, 0.717) is 5.82 Å². The molecule has 2 aromatic rings. The molecule has 19 heavy (non-hydrogen) atoms. The Morgan fingerprint density at radius 3 is 2.84 bits per heavy atom. The van der Waals surface area contributed by atoms with Gasteiger partial charge in [0.05, 0.1) is 6.20 Å². The van der Waals surface area contributed by atoms with Crippen LogP contribution in [-0.2, 0) is 11.8 Å². The van der Waals surface area contributed by atoms with Crippen LogP contribution in [0.5, 0.6) is 5.75 Å². The molecule has 0 atom stereocenters. The van der Waals surface area contributed by atoms with Crippen LogP contribution in [0.3, 0.4) is 0 Å². The van der Waals surface area contributed by atoms with Crippen LogP contribution in [0.15, 0.2) is 30.5 Å². The van der Waals surface area contributed by atoms with Gasteiger partial charge in [0, 0.05) is 13.1 Å². The third kappa shape index (κ3) is 3.13. The maximum atomic E-state index is 11.8. The van der Waals surface area contributed by atoms with Crippen molar-refractivity contribution in [1.82, 2.24) is 9.78 Å². The van der Waals surface area contributed by atoms with Gasteiger partial charge in [-0.15, -0.1) is 0 Å². The minimum Gasteiger partial charge on any atom is -0.483 e. The zero-order chi connectivity index (χ0) is 13.8. The standard InChI is InChI=1S/C14H17N3O2/c1-10-5-4-6-12(11(10)2)19-9-14(18)16-13-7-8-15-17(13)3/h4-8H,9H2,1-3H3,(H,16,18). The number of ether oxygens (including phenoxy) is 1. The molecule has 100 valence electrons. The number of nitrogens with one attached hydrogen (secondary N) is 1. The fourth-order valence-electron chi connectivity index (χ4n) is 1.70. The van der Waals surface area contributed by atoms with E-state index >= 15 is 0 Å². The SMILES string of the molecule is Cc1cccc(OCC(=O)Nc2ccnn2C)c1C. The van der Waals surface area contributed by atoms with Gasteiger partial charge in [-0.1, -0.05) is 12.1 Å². The number of aryl methyl sites for hydroxylation is 2. The summed E-state index contributed by atoms with van der Waals surface area (Å²) in [5.74, 6) is 1.18. The molecule has 1 N–H and O–H groups in total. The molecular formula is C14H17N3O2. The van der Waals surface area contributed by atoms with Crippen molar-refractivity contribution in [1.29, 1.82) is 0 Å². The van der Waals surface area contributed by atoms with E-state index in [9.17, 15) is 4.79 Å². The Labute approximate surface area is 112 Å². The molecule has 0 saturated carbocycles. The van der Waals surface area contributed by atoms with E-state index in [1.807, 2.05) is 32.0 Å². The second-order valence-corrected chi connectivity index (χ2v) is 4.37. The van der Waals surface area contributed by atoms with Crippen LogP contribution in [0.2, 0.25) is 0 Å². The zero-order valence-corrected chi connectivity index (χ0v) is 11.3. The highest BCUT2D eigenvalue weighted by Crippen LogP contribution is 2.20. The molecule has 0 aliphatic carbocycles. The summed E-state index contributed by atoms with van der Waals surface area (Å²) in [5.41, 5.74) is 2.19. The molecule has 1 heterocycles. The van der Waals surface area contributed by atoms with Gasteiger partial charge in [0.1, 0.15) is 11.6 Å². The number of amides is 1. The number of carbonyl (C=O) groups excluding carboxylic acids is 1. The molecule has 0 bridgehead atoms. The van der Waals surface area contributed by atoms with Crippen molar-refractivity contribution < 1.29 is 9.53 Å². The van der Waals surface area contributed by atoms with Crippen LogP contribution >= 0.6 is 0 Å². The first-order valence-corrected chi connectivity index (χ1v) is 6.05. The van der Waals surface area contributed by atoms with Crippen LogP contribution in [0.4, 0.5) is 5.82 Å². The summed E-state index contributed by atoms with van der Waals surface area (Å²) >= 11 is 0. The molecule has 5 heteroatoms. The summed E-state index contributed by atoms with van der Waals surface area (Å²) in [4.78, 5) is 11.8. The molecule has 0 radical (unpaired) electrons. The molecule has 0 aliphatic rings. The van der Waals surface area contributed by atoms with E-state index in [2.05, 4.69) is 10.4 Å². The first-order valence-electron chi connectivity index (χ1n) is 6.05. The molecule has 1 amide bonds. The minimum absolute atomic E-state index is 0.0184. The Morgan fingerprint density at radius 2 is 2.16 bits per heavy atom. The Balaban J connectivity index is 1.94. The summed E-state index contributed by atoms with van der Waals surface area (Å²) in [6, 6.07) is 7.52. The van der Waals surface area contributed by atoms with Gasteiger partial charge in [0.15, 0.2) is 6.61 Å². The highest BCUT2D eigenvalue weighted by Gasteiger charge is 2.08. The lowest BCUT2D eigenvalue weighted by Gasteiger charge is -2.11. The van der Waals surface area contributed by atoms with E-state index in [0.717, 1.165) is 16.9 Å². The third-order valence-electron chi connectivity index (χ3n) is 3.00. The van der Waals surface area contributed by atoms with E-state index in [1.54, 1.807) is 24.0 Å². The number of carbonyl (C=O) groups is 1. The number of rotatable bonds is 4. The van der Waals surface area contributed by atoms with Crippen molar-refractivity contribution in [3.8, 4) is 5.75 Å². The monoisotopic (exact) mass is 259 g/mol. The first kappa shape index (κ1) is 13.1. The largest absolute Gasteiger partial charge is 0.483 e. The van der Waals surface area contributed by atoms with Crippen LogP contribution in [0.1, 0.15) is 11.1 Å². The topological polar surface area (TPSA) is 56.1 Å². The Hall–Kier alpha value is -2.30. The van der Waals surface area contributed by atoms with E-state index in [1.165, 1.54) is 0 Å². The average molecular weight is 259 g/mol. The quantitative estimate of drug-likeness (QED) is 0.914. The maximum Gasteiger partial charge on any atom is 0.263 e. The Morgan fingerprint density at radius 1 is 1.37 bits per heavy atom. The maximum absolute atomic E-state index is 11.8. The average Bonchev–Trinajstić information content (AvgIpc) is 2.77. The van der Waals surface area contributed by atoms with Crippen molar-refractivity contribution in [2.24, 2.45) is 7.05 Å². The molecule has 1 aromatic carbocycles. The van der Waals surface area contributed by atoms with Crippen molar-refractivity contribution in [2.75, 3.05) is 11.9 Å². The highest BCUT2D eigenvalue weighted by molar-refractivity contribution is 5.91. The van der Waals surface area contributed by atoms with Gasteiger partial charge < -0.3 is 10.1 Å². The zero-order valence-electron chi connectivity index (χ0n) is 11.3. The normalized spacial score (nSPS) is 10.3. The lowest BCUT2D eigenvalue weighted by atomic mass is 10.1. The van der Waals surface area contributed by atoms with Gasteiger partial charge in [-0.25, -0.2) is 0 Å². The van der Waals surface area contributed by atoms with Crippen LogP contribution in [-0.4, -0.2) is 22.3 Å². The summed E-state index contributed by atoms with van der Waals surface area (Å²) in [6.07, 6.45) is 1.63. The van der Waals surface area contributed by atoms with Gasteiger partial charge in [0.2, 0.25) is 0 Å². The van der Waals surface area contributed by atoms with Gasteiger partial charge in [0.25, 0.3) is 5.91 Å². The number of benzene rings is 1. The van der Waals surface area contributed by atoms with Crippen molar-refractivity contribution >= 4 is 11.7 Å². The van der Waals surface area contributed by atoms with Crippen LogP contribution in [0.25, 0.3) is 0 Å². The number of aromatic nitrogens is 2. The molecule has 0 aliphatic heterocycles. The van der Waals surface area contributed by atoms with Gasteiger partial charge >= 0.3 is 0 Å². The molecule has 0 saturated heterocycles. The molecular weight excluding hydrogens is 242 g/mol. The van der Waals surface area contributed by atoms with Crippen molar-refractivity contribution in [2.45, 2.75) is 13.8 Å². The molecule has 2 rings (SSSR count). The molecule has 5 nitrogen and oxygen atoms in total. The molecule has 0 spiro atoms. The second-order valence-electron chi connectivity index (χ2n) is 4.37. The highest BCUT2D eigenvalue weighted by atomic mass is 16.5. The van der Waals surface area contributed by atoms with E-state index in [4.69, 9.17) is 4.74 Å².